The minimum absolute atomic E-state index is 0.124. The van der Waals surface area contributed by atoms with Crippen molar-refractivity contribution in [2.45, 2.75) is 11.9 Å². The number of anilines is 1. The highest BCUT2D eigenvalue weighted by molar-refractivity contribution is 8.00. The first-order valence-corrected chi connectivity index (χ1v) is 10.5. The quantitative estimate of drug-likeness (QED) is 0.335. The lowest BCUT2D eigenvalue weighted by atomic mass is 10.2. The van der Waals surface area contributed by atoms with Gasteiger partial charge in [0, 0.05) is 11.1 Å². The third kappa shape index (κ3) is 4.47. The maximum absolute atomic E-state index is 13.2. The lowest BCUT2D eigenvalue weighted by Gasteiger charge is -2.12. The fraction of sp³-hybridized carbons (Fsp3) is 0.143. The molecular weight excluding hydrogens is 441 g/mol. The van der Waals surface area contributed by atoms with E-state index in [1.807, 2.05) is 6.92 Å². The first-order chi connectivity index (χ1) is 15.0. The third-order valence-corrected chi connectivity index (χ3v) is 5.91. The van der Waals surface area contributed by atoms with E-state index in [9.17, 15) is 9.18 Å². The summed E-state index contributed by atoms with van der Waals surface area (Å²) in [6.45, 7) is 1.85. The molecule has 0 aliphatic rings. The number of hydrogen-bond donors (Lipinski definition) is 1. The Bertz CT molecular complexity index is 1260. The minimum Gasteiger partial charge on any atom is -0.495 e. The van der Waals surface area contributed by atoms with Crippen LogP contribution in [0.2, 0.25) is 5.02 Å². The molecule has 0 unspecified atom stereocenters. The number of hydrogen-bond acceptors (Lipinski definition) is 6. The van der Waals surface area contributed by atoms with Crippen LogP contribution in [-0.4, -0.2) is 38.5 Å². The highest BCUT2D eigenvalue weighted by atomic mass is 35.5. The fourth-order valence-corrected chi connectivity index (χ4v) is 3.87. The second kappa shape index (κ2) is 8.91. The zero-order valence-corrected chi connectivity index (χ0v) is 18.2. The van der Waals surface area contributed by atoms with Crippen molar-refractivity contribution in [2.24, 2.45) is 0 Å². The van der Waals surface area contributed by atoms with Gasteiger partial charge in [0.1, 0.15) is 22.9 Å². The van der Waals surface area contributed by atoms with Crippen LogP contribution in [0.5, 0.6) is 5.75 Å². The maximum atomic E-state index is 13.2. The molecule has 1 amide bonds. The summed E-state index contributed by atoms with van der Waals surface area (Å²) in [4.78, 5) is 21.1. The second-order valence-electron chi connectivity index (χ2n) is 6.59. The number of thioether (sulfide) groups is 1. The standard InChI is InChI=1S/C21H17ClFN5O2S/c1-12-7-17(18(30-2)8-16(12)22)27-19(29)10-31-21-15-9-26-28(20(15)24-11-25-21)14-5-3-13(23)4-6-14/h3-9,11H,10H2,1-2H3,(H,27,29). The normalized spacial score (nSPS) is 11.0. The van der Waals surface area contributed by atoms with Gasteiger partial charge in [0.25, 0.3) is 0 Å². The smallest absolute Gasteiger partial charge is 0.234 e. The van der Waals surface area contributed by atoms with Gasteiger partial charge >= 0.3 is 0 Å². The molecule has 4 aromatic rings. The molecule has 0 spiro atoms. The Balaban J connectivity index is 1.51. The summed E-state index contributed by atoms with van der Waals surface area (Å²) in [5.41, 5.74) is 2.62. The number of methoxy groups -OCH3 is 1. The lowest BCUT2D eigenvalue weighted by Crippen LogP contribution is -2.15. The molecule has 2 aromatic heterocycles. The molecule has 0 fully saturated rings. The number of fused-ring (bicyclic) bond motifs is 1. The Kier molecular flexibility index (Phi) is 6.06. The molecule has 0 saturated carbocycles. The van der Waals surface area contributed by atoms with Crippen LogP contribution in [0.1, 0.15) is 5.56 Å². The summed E-state index contributed by atoms with van der Waals surface area (Å²) in [5, 5.41) is 9.06. The van der Waals surface area contributed by atoms with Crippen LogP contribution in [0.3, 0.4) is 0 Å². The summed E-state index contributed by atoms with van der Waals surface area (Å²) in [6.07, 6.45) is 3.04. The SMILES string of the molecule is COc1cc(Cl)c(C)cc1NC(=O)CSc1ncnc2c1cnn2-c1ccc(F)cc1. The van der Waals surface area contributed by atoms with Gasteiger partial charge in [-0.2, -0.15) is 5.10 Å². The average Bonchev–Trinajstić information content (AvgIpc) is 3.20. The Labute approximate surface area is 186 Å². The van der Waals surface area contributed by atoms with E-state index >= 15 is 0 Å². The van der Waals surface area contributed by atoms with E-state index in [0.717, 1.165) is 5.56 Å². The van der Waals surface area contributed by atoms with Gasteiger partial charge in [-0.25, -0.2) is 19.0 Å². The lowest BCUT2D eigenvalue weighted by molar-refractivity contribution is -0.113. The summed E-state index contributed by atoms with van der Waals surface area (Å²) in [7, 11) is 1.52. The number of nitrogens with zero attached hydrogens (tertiary/aromatic N) is 4. The van der Waals surface area contributed by atoms with E-state index in [4.69, 9.17) is 16.3 Å². The van der Waals surface area contributed by atoms with Crippen LogP contribution < -0.4 is 10.1 Å². The van der Waals surface area contributed by atoms with Gasteiger partial charge in [-0.3, -0.25) is 4.79 Å². The van der Waals surface area contributed by atoms with Crippen molar-refractivity contribution in [1.29, 1.82) is 0 Å². The topological polar surface area (TPSA) is 81.9 Å². The number of aryl methyl sites for hydroxylation is 1. The number of amides is 1. The maximum Gasteiger partial charge on any atom is 0.234 e. The molecule has 4 rings (SSSR count). The van der Waals surface area contributed by atoms with Gasteiger partial charge in [-0.15, -0.1) is 0 Å². The number of rotatable bonds is 6. The highest BCUT2D eigenvalue weighted by Crippen LogP contribution is 2.31. The van der Waals surface area contributed by atoms with Gasteiger partial charge in [-0.1, -0.05) is 23.4 Å². The molecule has 7 nitrogen and oxygen atoms in total. The number of carbonyl (C=O) groups excluding carboxylic acids is 1. The van der Waals surface area contributed by atoms with Crippen molar-refractivity contribution in [3.63, 3.8) is 0 Å². The van der Waals surface area contributed by atoms with Crippen LogP contribution in [0.4, 0.5) is 10.1 Å². The Hall–Kier alpha value is -3.17. The van der Waals surface area contributed by atoms with Crippen LogP contribution in [0.25, 0.3) is 16.7 Å². The highest BCUT2D eigenvalue weighted by Gasteiger charge is 2.15. The van der Waals surface area contributed by atoms with Crippen LogP contribution in [0, 0.1) is 12.7 Å². The minimum atomic E-state index is -0.329. The van der Waals surface area contributed by atoms with Crippen molar-refractivity contribution in [3.05, 3.63) is 65.3 Å². The molecule has 31 heavy (non-hydrogen) atoms. The molecule has 0 aliphatic carbocycles. The number of nitrogens with one attached hydrogen (secondary N) is 1. The molecule has 2 heterocycles. The first-order valence-electron chi connectivity index (χ1n) is 9.17. The van der Waals surface area contributed by atoms with E-state index in [0.29, 0.717) is 38.2 Å². The fourth-order valence-electron chi connectivity index (χ4n) is 2.96. The molecule has 0 radical (unpaired) electrons. The van der Waals surface area contributed by atoms with E-state index in [2.05, 4.69) is 20.4 Å². The Morgan fingerprint density at radius 2 is 2.03 bits per heavy atom. The number of carbonyl (C=O) groups is 1. The van der Waals surface area contributed by atoms with Crippen molar-refractivity contribution < 1.29 is 13.9 Å². The van der Waals surface area contributed by atoms with Gasteiger partial charge in [0.15, 0.2) is 5.65 Å². The number of halogens is 2. The van der Waals surface area contributed by atoms with Gasteiger partial charge in [-0.05, 0) is 42.8 Å². The summed E-state index contributed by atoms with van der Waals surface area (Å²) >= 11 is 7.38. The third-order valence-electron chi connectivity index (χ3n) is 4.50. The van der Waals surface area contributed by atoms with Crippen molar-refractivity contribution in [2.75, 3.05) is 18.2 Å². The average molecular weight is 458 g/mol. The van der Waals surface area contributed by atoms with Crippen molar-refractivity contribution in [3.8, 4) is 11.4 Å². The summed E-state index contributed by atoms with van der Waals surface area (Å²) in [6, 6.07) is 9.38. The number of benzene rings is 2. The van der Waals surface area contributed by atoms with Gasteiger partial charge < -0.3 is 10.1 Å². The molecule has 10 heteroatoms. The summed E-state index contributed by atoms with van der Waals surface area (Å²) < 4.78 is 20.1. The molecule has 1 N–H and O–H groups in total. The zero-order chi connectivity index (χ0) is 22.0. The number of ether oxygens (including phenoxy) is 1. The summed E-state index contributed by atoms with van der Waals surface area (Å²) in [5.74, 6) is 0.0600. The van der Waals surface area contributed by atoms with Crippen molar-refractivity contribution in [1.82, 2.24) is 19.7 Å². The molecule has 158 valence electrons. The van der Waals surface area contributed by atoms with Crippen LogP contribution in [0.15, 0.2) is 53.9 Å². The Morgan fingerprint density at radius 3 is 2.77 bits per heavy atom. The molecule has 0 aliphatic heterocycles. The molecule has 0 atom stereocenters. The van der Waals surface area contributed by atoms with Crippen LogP contribution in [-0.2, 0) is 4.79 Å². The first kappa shape index (κ1) is 21.1. The predicted molar refractivity (Wildman–Crippen MR) is 119 cm³/mol. The zero-order valence-electron chi connectivity index (χ0n) is 16.6. The van der Waals surface area contributed by atoms with Gasteiger partial charge in [0.05, 0.1) is 35.8 Å². The van der Waals surface area contributed by atoms with E-state index in [1.165, 1.54) is 37.3 Å². The van der Waals surface area contributed by atoms with Crippen molar-refractivity contribution >= 4 is 46.0 Å². The Morgan fingerprint density at radius 1 is 1.26 bits per heavy atom. The van der Waals surface area contributed by atoms with E-state index in [1.54, 1.807) is 35.1 Å². The molecule has 2 aromatic carbocycles. The molecule has 0 saturated heterocycles. The van der Waals surface area contributed by atoms with Crippen LogP contribution >= 0.6 is 23.4 Å². The van der Waals surface area contributed by atoms with E-state index < -0.39 is 0 Å². The van der Waals surface area contributed by atoms with E-state index in [-0.39, 0.29) is 17.5 Å². The van der Waals surface area contributed by atoms with Gasteiger partial charge in [0.2, 0.25) is 5.91 Å². The molecule has 0 bridgehead atoms. The predicted octanol–water partition coefficient (Wildman–Crippen LogP) is 4.66. The largest absolute Gasteiger partial charge is 0.495 e. The monoisotopic (exact) mass is 457 g/mol. The molecular formula is C21H17ClFN5O2S. The number of aromatic nitrogens is 4. The second-order valence-corrected chi connectivity index (χ2v) is 7.96.